The summed E-state index contributed by atoms with van der Waals surface area (Å²) in [6, 6.07) is 7.73. The van der Waals surface area contributed by atoms with Crippen molar-refractivity contribution in [3.63, 3.8) is 0 Å². The van der Waals surface area contributed by atoms with E-state index in [1.165, 1.54) is 5.56 Å². The molecule has 0 aliphatic rings. The summed E-state index contributed by atoms with van der Waals surface area (Å²) in [7, 11) is 0. The summed E-state index contributed by atoms with van der Waals surface area (Å²) in [6.45, 7) is 8.79. The Hall–Kier alpha value is -1.06. The van der Waals surface area contributed by atoms with Crippen LogP contribution in [0.15, 0.2) is 24.3 Å². The van der Waals surface area contributed by atoms with Gasteiger partial charge in [0.1, 0.15) is 0 Å². The SMILES string of the molecule is C[C@H](CN)NC(=O)c1ccc(C(C)(C)C)cc1.Cl. The summed E-state index contributed by atoms with van der Waals surface area (Å²) in [5.74, 6) is -0.0663. The first kappa shape index (κ1) is 16.9. The number of hydrogen-bond acceptors (Lipinski definition) is 2. The highest BCUT2D eigenvalue weighted by atomic mass is 35.5. The minimum atomic E-state index is -0.0663. The van der Waals surface area contributed by atoms with Gasteiger partial charge in [-0.25, -0.2) is 0 Å². The van der Waals surface area contributed by atoms with Crippen LogP contribution in [-0.4, -0.2) is 18.5 Å². The molecule has 0 aliphatic carbocycles. The molecule has 1 rings (SSSR count). The second-order valence-electron chi connectivity index (χ2n) is 5.44. The van der Waals surface area contributed by atoms with Crippen LogP contribution in [-0.2, 0) is 5.41 Å². The van der Waals surface area contributed by atoms with E-state index in [0.29, 0.717) is 12.1 Å². The molecule has 0 fully saturated rings. The van der Waals surface area contributed by atoms with Gasteiger partial charge in [0.2, 0.25) is 0 Å². The Morgan fingerprint density at radius 2 is 1.78 bits per heavy atom. The van der Waals surface area contributed by atoms with Crippen molar-refractivity contribution >= 4 is 18.3 Å². The molecule has 0 unspecified atom stereocenters. The number of nitrogens with one attached hydrogen (secondary N) is 1. The zero-order valence-corrected chi connectivity index (χ0v) is 12.3. The van der Waals surface area contributed by atoms with E-state index in [-0.39, 0.29) is 29.8 Å². The molecule has 3 nitrogen and oxygen atoms in total. The topological polar surface area (TPSA) is 55.1 Å². The minimum Gasteiger partial charge on any atom is -0.348 e. The maximum Gasteiger partial charge on any atom is 0.251 e. The third-order valence-electron chi connectivity index (χ3n) is 2.74. The molecule has 0 radical (unpaired) electrons. The largest absolute Gasteiger partial charge is 0.348 e. The van der Waals surface area contributed by atoms with E-state index < -0.39 is 0 Å². The molecular weight excluding hydrogens is 248 g/mol. The first-order valence-electron chi connectivity index (χ1n) is 5.96. The summed E-state index contributed by atoms with van der Waals surface area (Å²) in [5.41, 5.74) is 7.48. The Kier molecular flexibility index (Phi) is 6.36. The number of halogens is 1. The second-order valence-corrected chi connectivity index (χ2v) is 5.44. The second kappa shape index (κ2) is 6.76. The van der Waals surface area contributed by atoms with Gasteiger partial charge >= 0.3 is 0 Å². The third kappa shape index (κ3) is 4.67. The van der Waals surface area contributed by atoms with Crippen molar-refractivity contribution in [3.8, 4) is 0 Å². The van der Waals surface area contributed by atoms with Gasteiger partial charge in [0.05, 0.1) is 0 Å². The molecule has 102 valence electrons. The average molecular weight is 271 g/mol. The van der Waals surface area contributed by atoms with E-state index in [1.54, 1.807) is 0 Å². The van der Waals surface area contributed by atoms with Gasteiger partial charge in [0.25, 0.3) is 5.91 Å². The van der Waals surface area contributed by atoms with Gasteiger partial charge in [-0.05, 0) is 30.0 Å². The molecule has 0 saturated carbocycles. The molecule has 1 aromatic carbocycles. The fourth-order valence-corrected chi connectivity index (χ4v) is 1.49. The minimum absolute atomic E-state index is 0. The van der Waals surface area contributed by atoms with Crippen LogP contribution in [0.1, 0.15) is 43.6 Å². The molecule has 1 amide bonds. The quantitative estimate of drug-likeness (QED) is 0.887. The number of rotatable bonds is 3. The maximum atomic E-state index is 11.8. The third-order valence-corrected chi connectivity index (χ3v) is 2.74. The predicted molar refractivity (Wildman–Crippen MR) is 78.4 cm³/mol. The van der Waals surface area contributed by atoms with Crippen LogP contribution in [0.25, 0.3) is 0 Å². The van der Waals surface area contributed by atoms with Crippen LogP contribution in [0.5, 0.6) is 0 Å². The zero-order chi connectivity index (χ0) is 13.1. The summed E-state index contributed by atoms with van der Waals surface area (Å²) in [6.07, 6.45) is 0. The van der Waals surface area contributed by atoms with Crippen molar-refractivity contribution in [3.05, 3.63) is 35.4 Å². The molecule has 0 spiro atoms. The molecule has 1 aromatic rings. The lowest BCUT2D eigenvalue weighted by atomic mass is 9.86. The molecule has 1 atom stereocenters. The van der Waals surface area contributed by atoms with Crippen LogP contribution in [0, 0.1) is 0 Å². The number of carbonyl (C=O) groups is 1. The van der Waals surface area contributed by atoms with Crippen molar-refractivity contribution in [1.29, 1.82) is 0 Å². The smallest absolute Gasteiger partial charge is 0.251 e. The van der Waals surface area contributed by atoms with Crippen LogP contribution in [0.4, 0.5) is 0 Å². The van der Waals surface area contributed by atoms with Gasteiger partial charge < -0.3 is 11.1 Å². The van der Waals surface area contributed by atoms with Crippen LogP contribution in [0.2, 0.25) is 0 Å². The standard InChI is InChI=1S/C14H22N2O.ClH/c1-10(9-15)16-13(17)11-5-7-12(8-6-11)14(2,3)4;/h5-8,10H,9,15H2,1-4H3,(H,16,17);1H/t10-;/m1./s1. The summed E-state index contributed by atoms with van der Waals surface area (Å²) in [4.78, 5) is 11.8. The Balaban J connectivity index is 0.00000289. The van der Waals surface area contributed by atoms with Crippen molar-refractivity contribution < 1.29 is 4.79 Å². The van der Waals surface area contributed by atoms with E-state index in [4.69, 9.17) is 5.73 Å². The maximum absolute atomic E-state index is 11.8. The highest BCUT2D eigenvalue weighted by molar-refractivity contribution is 5.94. The average Bonchev–Trinajstić information content (AvgIpc) is 2.27. The molecule has 4 heteroatoms. The van der Waals surface area contributed by atoms with E-state index in [0.717, 1.165) is 0 Å². The fourth-order valence-electron chi connectivity index (χ4n) is 1.49. The fraction of sp³-hybridized carbons (Fsp3) is 0.500. The van der Waals surface area contributed by atoms with E-state index >= 15 is 0 Å². The van der Waals surface area contributed by atoms with Crippen LogP contribution < -0.4 is 11.1 Å². The van der Waals surface area contributed by atoms with E-state index in [9.17, 15) is 4.79 Å². The Morgan fingerprint density at radius 3 is 2.17 bits per heavy atom. The van der Waals surface area contributed by atoms with Gasteiger partial charge in [0.15, 0.2) is 0 Å². The highest BCUT2D eigenvalue weighted by Crippen LogP contribution is 2.22. The summed E-state index contributed by atoms with van der Waals surface area (Å²) in [5, 5.41) is 2.84. The number of nitrogens with two attached hydrogens (primary N) is 1. The van der Waals surface area contributed by atoms with E-state index in [2.05, 4.69) is 26.1 Å². The molecule has 18 heavy (non-hydrogen) atoms. The number of amides is 1. The molecule has 0 bridgehead atoms. The highest BCUT2D eigenvalue weighted by Gasteiger charge is 2.14. The Bertz CT molecular complexity index is 382. The molecule has 0 heterocycles. The Morgan fingerprint density at radius 1 is 1.28 bits per heavy atom. The van der Waals surface area contributed by atoms with Gasteiger partial charge in [-0.15, -0.1) is 12.4 Å². The van der Waals surface area contributed by atoms with Crippen LogP contribution >= 0.6 is 12.4 Å². The molecule has 0 aromatic heterocycles. The molecule has 0 aliphatic heterocycles. The molecule has 0 saturated heterocycles. The van der Waals surface area contributed by atoms with Crippen molar-refractivity contribution in [2.75, 3.05) is 6.54 Å². The van der Waals surface area contributed by atoms with Crippen molar-refractivity contribution in [1.82, 2.24) is 5.32 Å². The number of hydrogen-bond donors (Lipinski definition) is 2. The summed E-state index contributed by atoms with van der Waals surface area (Å²) >= 11 is 0. The van der Waals surface area contributed by atoms with Gasteiger partial charge in [-0.2, -0.15) is 0 Å². The molecular formula is C14H23ClN2O. The lowest BCUT2D eigenvalue weighted by Crippen LogP contribution is -2.37. The predicted octanol–water partition coefficient (Wildman–Crippen LogP) is 2.48. The molecule has 3 N–H and O–H groups in total. The van der Waals surface area contributed by atoms with Crippen molar-refractivity contribution in [2.45, 2.75) is 39.2 Å². The van der Waals surface area contributed by atoms with Crippen LogP contribution in [0.3, 0.4) is 0 Å². The lowest BCUT2D eigenvalue weighted by molar-refractivity contribution is 0.0941. The first-order chi connectivity index (χ1) is 7.84. The monoisotopic (exact) mass is 270 g/mol. The first-order valence-corrected chi connectivity index (χ1v) is 5.96. The normalized spacial score (nSPS) is 12.5. The van der Waals surface area contributed by atoms with Crippen molar-refractivity contribution in [2.24, 2.45) is 5.73 Å². The van der Waals surface area contributed by atoms with E-state index in [1.807, 2.05) is 31.2 Å². The number of carbonyl (C=O) groups excluding carboxylic acids is 1. The summed E-state index contributed by atoms with van der Waals surface area (Å²) < 4.78 is 0. The zero-order valence-electron chi connectivity index (χ0n) is 11.5. The van der Waals surface area contributed by atoms with Gasteiger partial charge in [-0.1, -0.05) is 32.9 Å². The number of benzene rings is 1. The lowest BCUT2D eigenvalue weighted by Gasteiger charge is -2.19. The van der Waals surface area contributed by atoms with Gasteiger partial charge in [-0.3, -0.25) is 4.79 Å². The van der Waals surface area contributed by atoms with Gasteiger partial charge in [0, 0.05) is 18.2 Å². The Labute approximate surface area is 116 Å².